The number of aromatic nitrogens is 3. The molecule has 1 aliphatic rings. The minimum atomic E-state index is -0.694. The van der Waals surface area contributed by atoms with Crippen molar-refractivity contribution in [1.82, 2.24) is 14.5 Å². The third kappa shape index (κ3) is 5.45. The molecule has 0 amide bonds. The topological polar surface area (TPSA) is 123 Å². The van der Waals surface area contributed by atoms with Crippen LogP contribution in [0.25, 0.3) is 6.08 Å². The number of allylic oxidation sites excluding steroid dienone is 1. The maximum absolute atomic E-state index is 13.8. The number of nitrogens with zero attached hydrogens (tertiary/aromatic N) is 4. The van der Waals surface area contributed by atoms with Gasteiger partial charge in [-0.05, 0) is 62.4 Å². The molecular weight excluding hydrogens is 550 g/mol. The number of carbonyl (C=O) groups excluding carboxylic acids is 1. The van der Waals surface area contributed by atoms with Crippen molar-refractivity contribution >= 4 is 40.8 Å². The normalized spacial score (nSPS) is 15.1. The Morgan fingerprint density at radius 1 is 1.20 bits per heavy atom. The van der Waals surface area contributed by atoms with E-state index in [1.54, 1.807) is 43.5 Å². The van der Waals surface area contributed by atoms with Crippen LogP contribution in [0, 0.1) is 6.92 Å². The molecule has 3 aromatic heterocycles. The summed E-state index contributed by atoms with van der Waals surface area (Å²) in [6, 6.07) is 11.9. The zero-order valence-corrected chi connectivity index (χ0v) is 24.2. The molecule has 0 bridgehead atoms. The molecule has 12 heteroatoms. The third-order valence-electron chi connectivity index (χ3n) is 6.16. The van der Waals surface area contributed by atoms with Crippen molar-refractivity contribution in [3.8, 4) is 0 Å². The van der Waals surface area contributed by atoms with Gasteiger partial charge in [-0.3, -0.25) is 14.2 Å². The van der Waals surface area contributed by atoms with Gasteiger partial charge in [0.1, 0.15) is 5.76 Å². The molecule has 1 aromatic carbocycles. The summed E-state index contributed by atoms with van der Waals surface area (Å²) in [4.78, 5) is 52.6. The average Bonchev–Trinajstić information content (AvgIpc) is 3.46. The van der Waals surface area contributed by atoms with Crippen molar-refractivity contribution in [3.05, 3.63) is 101 Å². The van der Waals surface area contributed by atoms with E-state index in [0.717, 1.165) is 11.3 Å². The Morgan fingerprint density at radius 2 is 1.95 bits per heavy atom. The van der Waals surface area contributed by atoms with Crippen molar-refractivity contribution in [2.75, 3.05) is 25.6 Å². The second kappa shape index (κ2) is 11.1. The number of aryl methyl sites for hydroxylation is 1. The first-order chi connectivity index (χ1) is 19.1. The van der Waals surface area contributed by atoms with Crippen LogP contribution in [0.1, 0.15) is 36.9 Å². The van der Waals surface area contributed by atoms with Gasteiger partial charge in [0.15, 0.2) is 15.1 Å². The summed E-state index contributed by atoms with van der Waals surface area (Å²) in [5.74, 6) is -0.0498. The van der Waals surface area contributed by atoms with Gasteiger partial charge >= 0.3 is 5.97 Å². The highest BCUT2D eigenvalue weighted by Crippen LogP contribution is 2.32. The summed E-state index contributed by atoms with van der Waals surface area (Å²) in [6.07, 6.45) is 1.65. The number of benzene rings is 1. The number of hydrogen-bond acceptors (Lipinski definition) is 10. The molecule has 1 N–H and O–H groups in total. The molecule has 40 heavy (non-hydrogen) atoms. The average molecular weight is 578 g/mol. The van der Waals surface area contributed by atoms with E-state index in [1.807, 2.05) is 43.3 Å². The molecule has 0 saturated carbocycles. The quantitative estimate of drug-likeness (QED) is 0.263. The predicted octanol–water partition coefficient (Wildman–Crippen LogP) is 3.00. The fourth-order valence-corrected chi connectivity index (χ4v) is 6.19. The van der Waals surface area contributed by atoms with Crippen molar-refractivity contribution in [1.29, 1.82) is 0 Å². The standard InChI is InChI=1S/C28H27N5O5S2/c1-6-37-26(36)23-16(3)30-28-33(24(23)17-7-9-18(10-8-17)32(4)5)25(35)20(39-28)14-19-11-12-22(38-19)40-27-29-15(2)13-21(34)31-27/h7-14,24H,6H2,1-5H3,(H,29,31,34)/b20-14+/t24-/m1/s1. The zero-order valence-electron chi connectivity index (χ0n) is 22.5. The van der Waals surface area contributed by atoms with Gasteiger partial charge in [-0.15, -0.1) is 0 Å². The molecule has 4 heterocycles. The number of fused-ring (bicyclic) bond motifs is 1. The molecule has 5 rings (SSSR count). The maximum Gasteiger partial charge on any atom is 0.338 e. The van der Waals surface area contributed by atoms with Crippen molar-refractivity contribution in [2.45, 2.75) is 37.1 Å². The van der Waals surface area contributed by atoms with E-state index >= 15 is 0 Å². The first-order valence-corrected chi connectivity index (χ1v) is 14.1. The second-order valence-electron chi connectivity index (χ2n) is 9.24. The van der Waals surface area contributed by atoms with E-state index in [4.69, 9.17) is 9.15 Å². The van der Waals surface area contributed by atoms with E-state index in [0.29, 0.717) is 42.3 Å². The lowest BCUT2D eigenvalue weighted by atomic mass is 9.95. The first-order valence-electron chi connectivity index (χ1n) is 12.5. The van der Waals surface area contributed by atoms with Crippen LogP contribution < -0.4 is 25.4 Å². The predicted molar refractivity (Wildman–Crippen MR) is 154 cm³/mol. The Hall–Kier alpha value is -4.16. The summed E-state index contributed by atoms with van der Waals surface area (Å²) in [5, 5.41) is 0.916. The van der Waals surface area contributed by atoms with E-state index in [9.17, 15) is 14.4 Å². The number of anilines is 1. The summed E-state index contributed by atoms with van der Waals surface area (Å²) in [5.41, 5.74) is 2.65. The van der Waals surface area contributed by atoms with Crippen LogP contribution >= 0.6 is 23.1 Å². The number of furan rings is 1. The van der Waals surface area contributed by atoms with E-state index in [1.165, 1.54) is 29.2 Å². The Kier molecular flexibility index (Phi) is 7.63. The number of H-pyrrole nitrogens is 1. The number of nitrogens with one attached hydrogen (secondary N) is 1. The fourth-order valence-electron chi connectivity index (χ4n) is 4.35. The molecule has 0 radical (unpaired) electrons. The van der Waals surface area contributed by atoms with Gasteiger partial charge < -0.3 is 19.0 Å². The van der Waals surface area contributed by atoms with E-state index < -0.39 is 12.0 Å². The number of thiazole rings is 1. The Bertz CT molecular complexity index is 1860. The molecule has 1 atom stereocenters. The van der Waals surface area contributed by atoms with Crippen LogP contribution in [0.15, 0.2) is 83.0 Å². The van der Waals surface area contributed by atoms with Crippen LogP contribution in [0.3, 0.4) is 0 Å². The minimum absolute atomic E-state index is 0.205. The maximum atomic E-state index is 13.8. The highest BCUT2D eigenvalue weighted by Gasteiger charge is 2.33. The van der Waals surface area contributed by atoms with Gasteiger partial charge in [0.25, 0.3) is 11.1 Å². The van der Waals surface area contributed by atoms with Gasteiger partial charge in [0, 0.05) is 37.6 Å². The molecule has 0 unspecified atom stereocenters. The zero-order chi connectivity index (χ0) is 28.6. The number of rotatable bonds is 7. The van der Waals surface area contributed by atoms with Gasteiger partial charge in [-0.25, -0.2) is 14.8 Å². The van der Waals surface area contributed by atoms with Gasteiger partial charge in [0.2, 0.25) is 0 Å². The molecule has 10 nitrogen and oxygen atoms in total. The molecule has 0 fully saturated rings. The number of aromatic amines is 1. The smallest absolute Gasteiger partial charge is 0.338 e. The van der Waals surface area contributed by atoms with Crippen LogP contribution in [-0.4, -0.2) is 41.2 Å². The number of esters is 1. The molecular formula is C28H27N5O5S2. The summed E-state index contributed by atoms with van der Waals surface area (Å²) < 4.78 is 13.2. The number of hydrogen-bond donors (Lipinski definition) is 1. The third-order valence-corrected chi connectivity index (χ3v) is 7.95. The molecule has 0 spiro atoms. The van der Waals surface area contributed by atoms with E-state index in [2.05, 4.69) is 15.0 Å². The molecule has 0 aliphatic carbocycles. The number of carbonyl (C=O) groups is 1. The summed E-state index contributed by atoms with van der Waals surface area (Å²) >= 11 is 2.39. The van der Waals surface area contributed by atoms with Crippen molar-refractivity contribution < 1.29 is 13.9 Å². The Morgan fingerprint density at radius 3 is 2.62 bits per heavy atom. The first kappa shape index (κ1) is 27.4. The van der Waals surface area contributed by atoms with Crippen LogP contribution in [0.5, 0.6) is 0 Å². The van der Waals surface area contributed by atoms with Crippen LogP contribution in [0.2, 0.25) is 0 Å². The lowest BCUT2D eigenvalue weighted by Gasteiger charge is -2.25. The highest BCUT2D eigenvalue weighted by atomic mass is 32.2. The lowest BCUT2D eigenvalue weighted by molar-refractivity contribution is -0.139. The van der Waals surface area contributed by atoms with Crippen LogP contribution in [-0.2, 0) is 9.53 Å². The van der Waals surface area contributed by atoms with E-state index in [-0.39, 0.29) is 17.7 Å². The number of ether oxygens (including phenoxy) is 1. The summed E-state index contributed by atoms with van der Waals surface area (Å²) in [7, 11) is 3.89. The SMILES string of the molecule is CCOC(=O)C1=C(C)N=c2s/c(=C/c3ccc(Sc4nc(C)cc(=O)[nH]4)o3)c(=O)n2[C@@H]1c1ccc(N(C)C)cc1. The fraction of sp³-hybridized carbons (Fsp3) is 0.250. The van der Waals surface area contributed by atoms with Crippen molar-refractivity contribution in [3.63, 3.8) is 0 Å². The molecule has 0 saturated heterocycles. The van der Waals surface area contributed by atoms with Gasteiger partial charge in [0.05, 0.1) is 28.5 Å². The Balaban J connectivity index is 1.57. The van der Waals surface area contributed by atoms with Crippen molar-refractivity contribution in [2.24, 2.45) is 4.99 Å². The largest absolute Gasteiger partial charge is 0.463 e. The molecule has 206 valence electrons. The van der Waals surface area contributed by atoms with Gasteiger partial charge in [-0.2, -0.15) is 0 Å². The molecule has 1 aliphatic heterocycles. The monoisotopic (exact) mass is 577 g/mol. The summed E-state index contributed by atoms with van der Waals surface area (Å²) in [6.45, 7) is 5.44. The van der Waals surface area contributed by atoms with Crippen LogP contribution in [0.4, 0.5) is 5.69 Å². The lowest BCUT2D eigenvalue weighted by Crippen LogP contribution is -2.39. The second-order valence-corrected chi connectivity index (χ2v) is 11.2. The minimum Gasteiger partial charge on any atom is -0.463 e. The Labute approximate surface area is 237 Å². The molecule has 4 aromatic rings. The van der Waals surface area contributed by atoms with Gasteiger partial charge in [-0.1, -0.05) is 23.5 Å². The highest BCUT2D eigenvalue weighted by molar-refractivity contribution is 7.99.